The summed E-state index contributed by atoms with van der Waals surface area (Å²) in [5, 5.41) is 14.5. The highest BCUT2D eigenvalue weighted by Crippen LogP contribution is 2.36. The van der Waals surface area contributed by atoms with Crippen molar-refractivity contribution in [3.63, 3.8) is 0 Å². The first kappa shape index (κ1) is 21.0. The fourth-order valence-electron chi connectivity index (χ4n) is 2.73. The number of carbonyl (C=O) groups excluding carboxylic acids is 1. The predicted octanol–water partition coefficient (Wildman–Crippen LogP) is 2.42. The molecule has 0 atom stereocenters. The van der Waals surface area contributed by atoms with Gasteiger partial charge in [0, 0.05) is 37.4 Å². The molecule has 154 valence electrons. The molecule has 0 aliphatic heterocycles. The first-order valence-corrected chi connectivity index (χ1v) is 11.5. The molecule has 4 N–H and O–H groups in total. The molecule has 3 rings (SSSR count). The summed E-state index contributed by atoms with van der Waals surface area (Å²) in [6, 6.07) is 4.62. The van der Waals surface area contributed by atoms with Crippen LogP contribution < -0.4 is 10.6 Å². The molecule has 0 unspecified atom stereocenters. The van der Waals surface area contributed by atoms with Gasteiger partial charge in [0.2, 0.25) is 0 Å². The largest absolute Gasteiger partial charge is 0.396 e. The van der Waals surface area contributed by atoms with Gasteiger partial charge in [0.25, 0.3) is 0 Å². The number of carbonyl (C=O) groups is 1. The fraction of sp³-hybridized carbons (Fsp3) is 0.278. The molecule has 29 heavy (non-hydrogen) atoms. The molecule has 9 nitrogen and oxygen atoms in total. The number of aryl methyl sites for hydroxylation is 1. The molecular formula is C18H21N5O4S2. The number of rotatable bonds is 7. The van der Waals surface area contributed by atoms with Gasteiger partial charge in [0.1, 0.15) is 5.82 Å². The minimum Gasteiger partial charge on any atom is -0.396 e. The van der Waals surface area contributed by atoms with Gasteiger partial charge in [-0.3, -0.25) is 5.32 Å². The van der Waals surface area contributed by atoms with Crippen molar-refractivity contribution in [2.24, 2.45) is 0 Å². The summed E-state index contributed by atoms with van der Waals surface area (Å²) in [7, 11) is -3.45. The van der Waals surface area contributed by atoms with Crippen LogP contribution in [0.25, 0.3) is 21.8 Å². The van der Waals surface area contributed by atoms with Crippen LogP contribution in [0.1, 0.15) is 12.1 Å². The summed E-state index contributed by atoms with van der Waals surface area (Å²) in [6.45, 7) is 2.18. The van der Waals surface area contributed by atoms with E-state index in [1.165, 1.54) is 11.3 Å². The fourth-order valence-corrected chi connectivity index (χ4v) is 4.56. The summed E-state index contributed by atoms with van der Waals surface area (Å²) in [6.07, 6.45) is 4.81. The number of aliphatic hydroxyl groups excluding tert-OH is 1. The molecule has 0 saturated carbocycles. The van der Waals surface area contributed by atoms with Crippen molar-refractivity contribution in [3.8, 4) is 21.8 Å². The van der Waals surface area contributed by atoms with Crippen LogP contribution in [-0.4, -0.2) is 53.9 Å². The molecule has 0 aliphatic rings. The van der Waals surface area contributed by atoms with E-state index in [-0.39, 0.29) is 11.5 Å². The number of amides is 2. The van der Waals surface area contributed by atoms with Crippen molar-refractivity contribution in [1.82, 2.24) is 20.3 Å². The molecule has 0 spiro atoms. The normalized spacial score (nSPS) is 11.4. The Morgan fingerprint density at radius 3 is 2.79 bits per heavy atom. The number of hydrogen-bond donors (Lipinski definition) is 4. The van der Waals surface area contributed by atoms with Crippen LogP contribution >= 0.6 is 11.3 Å². The molecule has 2 heterocycles. The summed E-state index contributed by atoms with van der Waals surface area (Å²) < 4.78 is 24.4. The minimum atomic E-state index is -3.45. The maximum atomic E-state index is 12.2. The number of benzene rings is 1. The monoisotopic (exact) mass is 435 g/mol. The zero-order valence-corrected chi connectivity index (χ0v) is 17.5. The molecule has 2 amide bonds. The molecule has 2 aromatic heterocycles. The number of urea groups is 1. The third-order valence-electron chi connectivity index (χ3n) is 4.03. The summed E-state index contributed by atoms with van der Waals surface area (Å²) in [5.41, 5.74) is 1.95. The van der Waals surface area contributed by atoms with Crippen LogP contribution in [0.2, 0.25) is 0 Å². The number of hydrogen-bond acceptors (Lipinski definition) is 7. The van der Waals surface area contributed by atoms with E-state index in [0.29, 0.717) is 35.2 Å². The topological polar surface area (TPSA) is 137 Å². The lowest BCUT2D eigenvalue weighted by Crippen LogP contribution is -2.29. The number of thiazole rings is 1. The van der Waals surface area contributed by atoms with Gasteiger partial charge in [-0.25, -0.2) is 23.2 Å². The Morgan fingerprint density at radius 2 is 2.14 bits per heavy atom. The molecule has 0 aliphatic carbocycles. The number of nitrogens with zero attached hydrogens (tertiary/aromatic N) is 2. The molecule has 0 fully saturated rings. The Balaban J connectivity index is 1.92. The second kappa shape index (κ2) is 8.72. The number of aliphatic hydroxyl groups is 1. The molecule has 11 heteroatoms. The Labute approximate surface area is 172 Å². The number of H-pyrrole nitrogens is 1. The summed E-state index contributed by atoms with van der Waals surface area (Å²) in [5.74, 6) is 0.455. The smallest absolute Gasteiger partial charge is 0.321 e. The first-order valence-electron chi connectivity index (χ1n) is 8.77. The molecule has 0 saturated heterocycles. The average Bonchev–Trinajstić information content (AvgIpc) is 3.30. The number of aromatic amines is 1. The average molecular weight is 436 g/mol. The molecule has 0 bridgehead atoms. The third kappa shape index (κ3) is 5.00. The molecular weight excluding hydrogens is 414 g/mol. The highest BCUT2D eigenvalue weighted by molar-refractivity contribution is 7.90. The van der Waals surface area contributed by atoms with Crippen LogP contribution in [0, 0.1) is 6.92 Å². The third-order valence-corrected chi connectivity index (χ3v) is 6.31. The van der Waals surface area contributed by atoms with Crippen LogP contribution in [-0.2, 0) is 9.84 Å². The Hall–Kier alpha value is -2.76. The Kier molecular flexibility index (Phi) is 6.30. The minimum absolute atomic E-state index is 0.00225. The SMILES string of the molecule is Cc1nc(NC(=O)NCCCO)sc1-c1ccc(S(C)(=O)=O)c(-c2ncc[nH]2)c1. The van der Waals surface area contributed by atoms with Gasteiger partial charge in [-0.2, -0.15) is 0 Å². The van der Waals surface area contributed by atoms with E-state index < -0.39 is 15.9 Å². The lowest BCUT2D eigenvalue weighted by molar-refractivity contribution is 0.249. The van der Waals surface area contributed by atoms with Crippen molar-refractivity contribution in [3.05, 3.63) is 36.3 Å². The second-order valence-electron chi connectivity index (χ2n) is 6.31. The predicted molar refractivity (Wildman–Crippen MR) is 112 cm³/mol. The summed E-state index contributed by atoms with van der Waals surface area (Å²) in [4.78, 5) is 24.4. The highest BCUT2D eigenvalue weighted by atomic mass is 32.2. The number of imidazole rings is 1. The van der Waals surface area contributed by atoms with E-state index in [2.05, 4.69) is 25.6 Å². The number of sulfone groups is 1. The van der Waals surface area contributed by atoms with Gasteiger partial charge in [0.05, 0.1) is 15.5 Å². The zero-order valence-electron chi connectivity index (χ0n) is 15.9. The second-order valence-corrected chi connectivity index (χ2v) is 9.30. The van der Waals surface area contributed by atoms with E-state index in [4.69, 9.17) is 5.11 Å². The van der Waals surface area contributed by atoms with Gasteiger partial charge in [-0.05, 0) is 31.0 Å². The Morgan fingerprint density at radius 1 is 1.34 bits per heavy atom. The standard InChI is InChI=1S/C18H21N5O4S2/c1-11-15(28-18(22-11)23-17(25)21-6-3-9-24)12-4-5-14(29(2,26)27)13(10-12)16-19-7-8-20-16/h4-5,7-8,10,24H,3,6,9H2,1-2H3,(H,19,20)(H2,21,22,23,25). The maximum Gasteiger partial charge on any atom is 0.321 e. The first-order chi connectivity index (χ1) is 13.8. The molecule has 3 aromatic rings. The van der Waals surface area contributed by atoms with Crippen molar-refractivity contribution in [1.29, 1.82) is 0 Å². The van der Waals surface area contributed by atoms with Crippen molar-refractivity contribution in [2.45, 2.75) is 18.2 Å². The van der Waals surface area contributed by atoms with E-state index in [1.807, 2.05) is 6.92 Å². The van der Waals surface area contributed by atoms with Crippen LogP contribution in [0.4, 0.5) is 9.93 Å². The van der Waals surface area contributed by atoms with Crippen LogP contribution in [0.3, 0.4) is 0 Å². The maximum absolute atomic E-state index is 12.2. The highest BCUT2D eigenvalue weighted by Gasteiger charge is 2.19. The van der Waals surface area contributed by atoms with Crippen molar-refractivity contribution in [2.75, 3.05) is 24.7 Å². The van der Waals surface area contributed by atoms with Crippen LogP contribution in [0.5, 0.6) is 0 Å². The quantitative estimate of drug-likeness (QED) is 0.421. The van der Waals surface area contributed by atoms with Gasteiger partial charge in [0.15, 0.2) is 15.0 Å². The van der Waals surface area contributed by atoms with Gasteiger partial charge < -0.3 is 15.4 Å². The Bertz CT molecular complexity index is 1110. The number of aromatic nitrogens is 3. The van der Waals surface area contributed by atoms with Crippen molar-refractivity contribution >= 4 is 32.3 Å². The molecule has 0 radical (unpaired) electrons. The van der Waals surface area contributed by atoms with E-state index >= 15 is 0 Å². The zero-order chi connectivity index (χ0) is 21.0. The lowest BCUT2D eigenvalue weighted by Gasteiger charge is -2.08. The van der Waals surface area contributed by atoms with Gasteiger partial charge >= 0.3 is 6.03 Å². The van der Waals surface area contributed by atoms with E-state index in [9.17, 15) is 13.2 Å². The van der Waals surface area contributed by atoms with E-state index in [1.54, 1.807) is 30.6 Å². The van der Waals surface area contributed by atoms with Gasteiger partial charge in [-0.15, -0.1) is 0 Å². The summed E-state index contributed by atoms with van der Waals surface area (Å²) >= 11 is 1.29. The lowest BCUT2D eigenvalue weighted by atomic mass is 10.1. The number of anilines is 1. The number of nitrogens with one attached hydrogen (secondary N) is 3. The van der Waals surface area contributed by atoms with E-state index in [0.717, 1.165) is 16.7 Å². The van der Waals surface area contributed by atoms with Gasteiger partial charge in [-0.1, -0.05) is 17.4 Å². The molecule has 1 aromatic carbocycles. The van der Waals surface area contributed by atoms with Crippen molar-refractivity contribution < 1.29 is 18.3 Å². The van der Waals surface area contributed by atoms with Crippen LogP contribution in [0.15, 0.2) is 35.5 Å².